The Labute approximate surface area is 91.7 Å². The number of hydrogen-bond donors (Lipinski definition) is 0. The van der Waals surface area contributed by atoms with Crippen LogP contribution in [0.3, 0.4) is 0 Å². The van der Waals surface area contributed by atoms with Gasteiger partial charge in [0, 0.05) is 41.9 Å². The van der Waals surface area contributed by atoms with Crippen LogP contribution in [-0.2, 0) is 41.9 Å². The van der Waals surface area contributed by atoms with E-state index in [4.69, 9.17) is 0 Å². The Morgan fingerprint density at radius 1 is 1.00 bits per heavy atom. The molecule has 0 aromatic heterocycles. The van der Waals surface area contributed by atoms with Crippen LogP contribution >= 0.6 is 0 Å². The van der Waals surface area contributed by atoms with Crippen molar-refractivity contribution in [2.75, 3.05) is 0 Å². The second-order valence-corrected chi connectivity index (χ2v) is 0. The van der Waals surface area contributed by atoms with Crippen LogP contribution in [0.1, 0.15) is 0 Å². The Morgan fingerprint density at radius 2 is 1.00 bits per heavy atom. The normalized spacial score (nSPS) is 0. The van der Waals surface area contributed by atoms with Crippen LogP contribution in [0.2, 0.25) is 0 Å². The van der Waals surface area contributed by atoms with E-state index in [1.165, 1.54) is 0 Å². The van der Waals surface area contributed by atoms with Gasteiger partial charge in [-0.15, -0.1) is 0 Å². The SMILES string of the molecule is [Ag].[PbH2].[SbH3].[Zn]. The molecule has 4 heavy (non-hydrogen) atoms. The largest absolute Gasteiger partial charge is 0 e. The van der Waals surface area contributed by atoms with Crippen molar-refractivity contribution in [1.29, 1.82) is 0 Å². The fraction of sp³-hybridized carbons (Fsp3) is 0. The Balaban J connectivity index is 0. The van der Waals surface area contributed by atoms with Crippen molar-refractivity contribution in [2.24, 2.45) is 0 Å². The minimum absolute atomic E-state index is 0. The van der Waals surface area contributed by atoms with Crippen molar-refractivity contribution in [1.82, 2.24) is 0 Å². The number of hydrogen-bond acceptors (Lipinski definition) is 0. The Kier molecular flexibility index (Phi) is 113. The first kappa shape index (κ1) is 27.5. The van der Waals surface area contributed by atoms with Crippen molar-refractivity contribution in [2.45, 2.75) is 0 Å². The summed E-state index contributed by atoms with van der Waals surface area (Å²) in [6, 6.07) is 0. The molecule has 0 aromatic carbocycles. The van der Waals surface area contributed by atoms with Crippen molar-refractivity contribution in [3.05, 3.63) is 0 Å². The average Bonchev–Trinajstić information content (AvgIpc) is 0. The van der Waals surface area contributed by atoms with E-state index in [1.807, 2.05) is 0 Å². The van der Waals surface area contributed by atoms with E-state index in [1.54, 1.807) is 0 Å². The molecule has 3 radical (unpaired) electrons. The first-order valence-electron chi connectivity index (χ1n) is 0. The first-order valence-corrected chi connectivity index (χ1v) is 0. The molecule has 0 amide bonds. The molecule has 27 valence electrons. The van der Waals surface area contributed by atoms with Crippen LogP contribution in [0, 0.1) is 0 Å². The molecule has 0 aliphatic heterocycles. The maximum atomic E-state index is 0. The summed E-state index contributed by atoms with van der Waals surface area (Å²) in [5, 5.41) is 0. The molecule has 0 N–H and O–H groups in total. The molecule has 0 bridgehead atoms. The second kappa shape index (κ2) is 16.5. The van der Waals surface area contributed by atoms with E-state index < -0.39 is 0 Å². The van der Waals surface area contributed by atoms with Gasteiger partial charge in [-0.3, -0.25) is 0 Å². The Hall–Kier alpha value is 3.10. The zero-order valence-electron chi connectivity index (χ0n) is 2.42. The fourth-order valence-electron chi connectivity index (χ4n) is 0. The van der Waals surface area contributed by atoms with Gasteiger partial charge in [0.1, 0.15) is 0 Å². The molecule has 0 saturated heterocycles. The molecule has 0 unspecified atom stereocenters. The third kappa shape index (κ3) is 8.92. The molecule has 0 aliphatic rings. The van der Waals surface area contributed by atoms with Crippen molar-refractivity contribution < 1.29 is 41.9 Å². The molecule has 0 spiro atoms. The Bertz CT molecular complexity index is 8.00. The summed E-state index contributed by atoms with van der Waals surface area (Å²) in [6.45, 7) is 0. The summed E-state index contributed by atoms with van der Waals surface area (Å²) in [6.07, 6.45) is 0. The van der Waals surface area contributed by atoms with Crippen molar-refractivity contribution in [3.63, 3.8) is 0 Å². The van der Waals surface area contributed by atoms with Crippen LogP contribution in [0.25, 0.3) is 0 Å². The third-order valence-electron chi connectivity index (χ3n) is 0. The van der Waals surface area contributed by atoms with Gasteiger partial charge < -0.3 is 0 Å². The van der Waals surface area contributed by atoms with Crippen LogP contribution in [0.4, 0.5) is 0 Å². The van der Waals surface area contributed by atoms with E-state index in [0.717, 1.165) is 0 Å². The van der Waals surface area contributed by atoms with E-state index in [2.05, 4.69) is 0 Å². The van der Waals surface area contributed by atoms with Gasteiger partial charge in [0.05, 0.1) is 0 Å². The smallest absolute Gasteiger partial charge is 0 e. The summed E-state index contributed by atoms with van der Waals surface area (Å²) >= 11 is 0. The maximum absolute atomic E-state index is 0. The number of rotatable bonds is 0. The monoisotopic (exact) mass is 505 g/mol. The van der Waals surface area contributed by atoms with Gasteiger partial charge in [0.15, 0.2) is 0 Å². The van der Waals surface area contributed by atoms with Gasteiger partial charge >= 0.3 is 51.7 Å². The zero-order valence-corrected chi connectivity index (χ0v) is 16.4. The van der Waals surface area contributed by atoms with Gasteiger partial charge in [0.25, 0.3) is 0 Å². The average molecular weight is 507 g/mol. The van der Waals surface area contributed by atoms with Crippen LogP contribution in [0.15, 0.2) is 0 Å². The van der Waals surface area contributed by atoms with Gasteiger partial charge in [-0.2, -0.15) is 0 Å². The summed E-state index contributed by atoms with van der Waals surface area (Å²) in [5.74, 6) is 0. The van der Waals surface area contributed by atoms with Crippen LogP contribution in [-0.4, -0.2) is 51.7 Å². The van der Waals surface area contributed by atoms with Gasteiger partial charge in [-0.05, 0) is 0 Å². The molecular weight excluding hydrogens is 502 g/mol. The predicted octanol–water partition coefficient (Wildman–Crippen LogP) is -2.11. The fourth-order valence-corrected chi connectivity index (χ4v) is 0. The van der Waals surface area contributed by atoms with Gasteiger partial charge in [-0.25, -0.2) is 0 Å². The molecule has 0 aromatic rings. The summed E-state index contributed by atoms with van der Waals surface area (Å²) in [5.41, 5.74) is 0. The summed E-state index contributed by atoms with van der Waals surface area (Å²) in [7, 11) is 0. The third-order valence-corrected chi connectivity index (χ3v) is 0. The van der Waals surface area contributed by atoms with Crippen LogP contribution in [0.5, 0.6) is 0 Å². The molecule has 0 aliphatic carbocycles. The minimum Gasteiger partial charge on any atom is 0 e. The topological polar surface area (TPSA) is 0 Å². The van der Waals surface area contributed by atoms with Crippen molar-refractivity contribution in [3.8, 4) is 0 Å². The van der Waals surface area contributed by atoms with Gasteiger partial charge in [0.2, 0.25) is 0 Å². The summed E-state index contributed by atoms with van der Waals surface area (Å²) in [4.78, 5) is 0. The Morgan fingerprint density at radius 3 is 1.00 bits per heavy atom. The first-order chi connectivity index (χ1) is 0. The molecule has 0 nitrogen and oxygen atoms in total. The van der Waals surface area contributed by atoms with Crippen LogP contribution < -0.4 is 0 Å². The molecule has 0 saturated carbocycles. The molecular formula is H5AgPbSbZn. The molecule has 0 rings (SSSR count). The predicted molar refractivity (Wildman–Crippen MR) is 18.5 cm³/mol. The summed E-state index contributed by atoms with van der Waals surface area (Å²) < 4.78 is 0. The van der Waals surface area contributed by atoms with Gasteiger partial charge in [-0.1, -0.05) is 0 Å². The second-order valence-electron chi connectivity index (χ2n) is 0. The standard InChI is InChI=1S/Ag.Pb.Sb.Zn.5H. The zero-order chi connectivity index (χ0) is 0. The van der Waals surface area contributed by atoms with E-state index >= 15 is 0 Å². The minimum atomic E-state index is 0. The molecule has 0 atom stereocenters. The quantitative estimate of drug-likeness (QED) is 0.330. The molecule has 4 heteroatoms. The molecule has 0 fully saturated rings. The van der Waals surface area contributed by atoms with E-state index in [0.29, 0.717) is 0 Å². The molecule has 0 heterocycles. The van der Waals surface area contributed by atoms with E-state index in [-0.39, 0.29) is 93.6 Å². The van der Waals surface area contributed by atoms with E-state index in [9.17, 15) is 0 Å². The maximum Gasteiger partial charge on any atom is 0 e. The van der Waals surface area contributed by atoms with Crippen molar-refractivity contribution >= 4 is 51.7 Å².